The van der Waals surface area contributed by atoms with Crippen molar-refractivity contribution in [1.29, 1.82) is 0 Å². The number of carboxylic acid groups (broad SMARTS) is 2. The van der Waals surface area contributed by atoms with Crippen molar-refractivity contribution in [2.24, 2.45) is 0 Å². The minimum absolute atomic E-state index is 0.0299. The Kier molecular flexibility index (Phi) is 14.0. The maximum atomic E-state index is 12.5. The predicted octanol–water partition coefficient (Wildman–Crippen LogP) is 1.31. The molecule has 3 rings (SSSR count). The number of nitrogens with one attached hydrogen (secondary N) is 1. The van der Waals surface area contributed by atoms with Gasteiger partial charge >= 0.3 is 11.9 Å². The third kappa shape index (κ3) is 11.0. The fourth-order valence-electron chi connectivity index (χ4n) is 4.38. The molecule has 4 atom stereocenters. The lowest BCUT2D eigenvalue weighted by atomic mass is 10.0. The molecule has 12 heteroatoms. The van der Waals surface area contributed by atoms with Crippen molar-refractivity contribution in [2.45, 2.75) is 82.6 Å². The van der Waals surface area contributed by atoms with E-state index in [0.29, 0.717) is 37.7 Å². The number of unbranched alkanes of at least 4 members (excludes halogenated alkanes) is 4. The number of aliphatic hydroxyl groups is 3. The molecule has 4 unspecified atom stereocenters. The highest BCUT2D eigenvalue weighted by Gasteiger charge is 2.29. The first-order chi connectivity index (χ1) is 18.6. The Morgan fingerprint density at radius 3 is 2.08 bits per heavy atom. The summed E-state index contributed by atoms with van der Waals surface area (Å²) in [6.07, 6.45) is 3.16. The van der Waals surface area contributed by atoms with Gasteiger partial charge < -0.3 is 45.2 Å². The Morgan fingerprint density at radius 1 is 0.897 bits per heavy atom. The van der Waals surface area contributed by atoms with E-state index in [9.17, 15) is 19.5 Å². The number of hydrogen-bond donors (Lipinski definition) is 6. The number of benzene rings is 1. The van der Waals surface area contributed by atoms with Gasteiger partial charge in [0.15, 0.2) is 23.7 Å². The molecule has 12 nitrogen and oxygen atoms in total. The van der Waals surface area contributed by atoms with Gasteiger partial charge in [-0.1, -0.05) is 38.7 Å². The Labute approximate surface area is 228 Å². The summed E-state index contributed by atoms with van der Waals surface area (Å²) in [7, 11) is 0. The number of rotatable bonds is 14. The highest BCUT2D eigenvalue weighted by molar-refractivity contribution is 5.83. The van der Waals surface area contributed by atoms with Crippen LogP contribution in [0.4, 0.5) is 0 Å². The zero-order valence-electron chi connectivity index (χ0n) is 22.5. The van der Waals surface area contributed by atoms with Gasteiger partial charge in [0.1, 0.15) is 19.3 Å². The summed E-state index contributed by atoms with van der Waals surface area (Å²) >= 11 is 0. The Morgan fingerprint density at radius 2 is 1.49 bits per heavy atom. The van der Waals surface area contributed by atoms with Crippen LogP contribution < -0.4 is 14.8 Å². The molecular formula is C27H42N2O10. The average Bonchev–Trinajstić information content (AvgIpc) is 3.44. The second-order valence-corrected chi connectivity index (χ2v) is 9.76. The first-order valence-electron chi connectivity index (χ1n) is 13.5. The molecule has 1 fully saturated rings. The zero-order chi connectivity index (χ0) is 28.8. The van der Waals surface area contributed by atoms with E-state index in [0.717, 1.165) is 31.5 Å². The molecule has 39 heavy (non-hydrogen) atoms. The average molecular weight is 555 g/mol. The smallest absolute Gasteiger partial charge is 0.335 e. The van der Waals surface area contributed by atoms with Crippen LogP contribution in [0.25, 0.3) is 0 Å². The molecule has 1 amide bonds. The largest absolute Gasteiger partial charge is 0.486 e. The van der Waals surface area contributed by atoms with Crippen LogP contribution in [0, 0.1) is 0 Å². The van der Waals surface area contributed by atoms with Gasteiger partial charge in [-0.2, -0.15) is 0 Å². The molecule has 0 aromatic heterocycles. The Balaban J connectivity index is 0.000000455. The highest BCUT2D eigenvalue weighted by Crippen LogP contribution is 2.33. The molecule has 0 saturated carbocycles. The lowest BCUT2D eigenvalue weighted by molar-refractivity contribution is -0.165. The summed E-state index contributed by atoms with van der Waals surface area (Å²) in [5, 5.41) is 46.7. The minimum atomic E-state index is -2.27. The highest BCUT2D eigenvalue weighted by atomic mass is 16.6. The molecular weight excluding hydrogens is 512 g/mol. The van der Waals surface area contributed by atoms with Crippen molar-refractivity contribution < 1.29 is 49.4 Å². The monoisotopic (exact) mass is 554 g/mol. The van der Waals surface area contributed by atoms with Crippen LogP contribution in [0.5, 0.6) is 11.5 Å². The fraction of sp³-hybridized carbons (Fsp3) is 0.667. The van der Waals surface area contributed by atoms with Crippen LogP contribution in [0.15, 0.2) is 18.2 Å². The van der Waals surface area contributed by atoms with Crippen LogP contribution in [0.2, 0.25) is 0 Å². The lowest BCUT2D eigenvalue weighted by Crippen LogP contribution is -2.46. The molecule has 1 aromatic rings. The summed E-state index contributed by atoms with van der Waals surface area (Å²) in [5.74, 6) is -2.14. The van der Waals surface area contributed by atoms with E-state index in [-0.39, 0.29) is 11.9 Å². The molecule has 1 saturated heterocycles. The van der Waals surface area contributed by atoms with Crippen LogP contribution in [0.1, 0.15) is 70.0 Å². The van der Waals surface area contributed by atoms with E-state index in [1.165, 1.54) is 32.1 Å². The van der Waals surface area contributed by atoms with Crippen LogP contribution in [0.3, 0.4) is 0 Å². The molecule has 0 aliphatic carbocycles. The van der Waals surface area contributed by atoms with Crippen molar-refractivity contribution >= 4 is 17.8 Å². The van der Waals surface area contributed by atoms with Gasteiger partial charge in [-0.3, -0.25) is 4.79 Å². The SMILES string of the molecule is CCCCCCCC(=O)NC(CN1CCCC1)C(O)c1ccc2c(c1)OCCO2.O=C(O)C(O)C(O)C(=O)O. The van der Waals surface area contributed by atoms with E-state index < -0.39 is 30.3 Å². The molecule has 2 aliphatic rings. The number of carbonyl (C=O) groups is 3. The number of carbonyl (C=O) groups excluding carboxylic acids is 1. The number of hydrogen-bond acceptors (Lipinski definition) is 9. The van der Waals surface area contributed by atoms with E-state index >= 15 is 0 Å². The first kappa shape index (κ1) is 32.3. The number of nitrogens with zero attached hydrogens (tertiary/aromatic N) is 1. The van der Waals surface area contributed by atoms with Crippen LogP contribution in [-0.2, 0) is 14.4 Å². The van der Waals surface area contributed by atoms with E-state index in [4.69, 9.17) is 29.9 Å². The van der Waals surface area contributed by atoms with E-state index in [1.807, 2.05) is 18.2 Å². The molecule has 0 radical (unpaired) electrons. The number of aliphatic hydroxyl groups excluding tert-OH is 3. The maximum Gasteiger partial charge on any atom is 0.335 e. The van der Waals surface area contributed by atoms with Gasteiger partial charge in [0.2, 0.25) is 5.91 Å². The van der Waals surface area contributed by atoms with Crippen molar-refractivity contribution in [3.05, 3.63) is 23.8 Å². The van der Waals surface area contributed by atoms with Crippen molar-refractivity contribution in [1.82, 2.24) is 10.2 Å². The van der Waals surface area contributed by atoms with Crippen molar-refractivity contribution in [3.8, 4) is 11.5 Å². The van der Waals surface area contributed by atoms with Crippen molar-refractivity contribution in [3.63, 3.8) is 0 Å². The van der Waals surface area contributed by atoms with E-state index in [1.54, 1.807) is 0 Å². The summed E-state index contributed by atoms with van der Waals surface area (Å²) in [6.45, 7) is 5.96. The van der Waals surface area contributed by atoms with Gasteiger partial charge in [-0.05, 0) is 50.0 Å². The third-order valence-corrected chi connectivity index (χ3v) is 6.60. The summed E-state index contributed by atoms with van der Waals surface area (Å²) in [6, 6.07) is 5.22. The predicted molar refractivity (Wildman–Crippen MR) is 141 cm³/mol. The molecule has 0 spiro atoms. The minimum Gasteiger partial charge on any atom is -0.486 e. The maximum absolute atomic E-state index is 12.5. The Bertz CT molecular complexity index is 904. The lowest BCUT2D eigenvalue weighted by Gasteiger charge is -2.29. The number of aliphatic carboxylic acids is 2. The zero-order valence-corrected chi connectivity index (χ0v) is 22.5. The first-order valence-corrected chi connectivity index (χ1v) is 13.5. The Hall–Kier alpha value is -2.93. The van der Waals surface area contributed by atoms with Crippen LogP contribution in [-0.4, -0.2) is 99.4 Å². The number of amides is 1. The normalized spacial score (nSPS) is 17.7. The number of ether oxygens (including phenoxy) is 2. The second kappa shape index (κ2) is 16.9. The molecule has 0 bridgehead atoms. The van der Waals surface area contributed by atoms with Gasteiger partial charge in [0, 0.05) is 13.0 Å². The summed E-state index contributed by atoms with van der Waals surface area (Å²) < 4.78 is 11.2. The number of carboxylic acids is 2. The van der Waals surface area contributed by atoms with Gasteiger partial charge in [0.25, 0.3) is 0 Å². The van der Waals surface area contributed by atoms with Gasteiger partial charge in [-0.25, -0.2) is 9.59 Å². The van der Waals surface area contributed by atoms with Crippen molar-refractivity contribution in [2.75, 3.05) is 32.8 Å². The third-order valence-electron chi connectivity index (χ3n) is 6.60. The summed E-state index contributed by atoms with van der Waals surface area (Å²) in [5.41, 5.74) is 0.752. The summed E-state index contributed by atoms with van der Waals surface area (Å²) in [4.78, 5) is 34.4. The standard InChI is InChI=1S/C23H36N2O4.C4H6O6/c1-2-3-4-5-6-9-22(26)24-19(17-25-12-7-8-13-25)23(27)18-10-11-20-21(16-18)29-15-14-28-20;5-1(3(7)8)2(6)4(9)10/h10-11,16,19,23,27H,2-9,12-15,17H2,1H3,(H,24,26);1-2,5-6H,(H,7,8)(H,9,10). The molecule has 6 N–H and O–H groups in total. The molecule has 2 heterocycles. The molecule has 220 valence electrons. The van der Waals surface area contributed by atoms with Gasteiger partial charge in [-0.15, -0.1) is 0 Å². The fourth-order valence-corrected chi connectivity index (χ4v) is 4.38. The van der Waals surface area contributed by atoms with E-state index in [2.05, 4.69) is 17.1 Å². The van der Waals surface area contributed by atoms with Crippen LogP contribution >= 0.6 is 0 Å². The topological polar surface area (TPSA) is 186 Å². The quantitative estimate of drug-likeness (QED) is 0.182. The molecule has 1 aromatic carbocycles. The second-order valence-electron chi connectivity index (χ2n) is 9.76. The number of fused-ring (bicyclic) bond motifs is 1. The number of likely N-dealkylation sites (tertiary alicyclic amines) is 1. The molecule has 2 aliphatic heterocycles. The van der Waals surface area contributed by atoms with Gasteiger partial charge in [0.05, 0.1) is 6.04 Å².